The number of nitrogens with zero attached hydrogens (tertiary/aromatic N) is 1. The molecule has 1 atom stereocenters. The van der Waals surface area contributed by atoms with E-state index in [1.54, 1.807) is 35.2 Å². The molecule has 0 bridgehead atoms. The quantitative estimate of drug-likeness (QED) is 0.474. The molecule has 1 aliphatic heterocycles. The predicted molar refractivity (Wildman–Crippen MR) is 126 cm³/mol. The highest BCUT2D eigenvalue weighted by atomic mass is 35.5. The predicted octanol–water partition coefficient (Wildman–Crippen LogP) is 5.07. The number of hydrogen-bond donors (Lipinski definition) is 2. The van der Waals surface area contributed by atoms with E-state index in [0.717, 1.165) is 11.3 Å². The Hall–Kier alpha value is -3.22. The van der Waals surface area contributed by atoms with Gasteiger partial charge in [-0.2, -0.15) is 0 Å². The smallest absolute Gasteiger partial charge is 0.243 e. The molecule has 0 aromatic heterocycles. The maximum absolute atomic E-state index is 12.7. The number of carbonyl (C=O) groups is 2. The maximum atomic E-state index is 12.7. The molecule has 1 saturated heterocycles. The Morgan fingerprint density at radius 1 is 1.03 bits per heavy atom. The fourth-order valence-corrected chi connectivity index (χ4v) is 3.92. The van der Waals surface area contributed by atoms with Crippen molar-refractivity contribution in [1.29, 1.82) is 0 Å². The van der Waals surface area contributed by atoms with Crippen molar-refractivity contribution in [2.75, 3.05) is 16.9 Å². The van der Waals surface area contributed by atoms with Gasteiger partial charge in [0, 0.05) is 34.3 Å². The molecule has 8 heteroatoms. The molecule has 0 saturated carbocycles. The van der Waals surface area contributed by atoms with E-state index in [1.165, 1.54) is 0 Å². The van der Waals surface area contributed by atoms with Gasteiger partial charge in [-0.25, -0.2) is 0 Å². The number of halogens is 2. The molecular weight excluding hydrogens is 449 g/mol. The van der Waals surface area contributed by atoms with E-state index >= 15 is 0 Å². The van der Waals surface area contributed by atoms with Gasteiger partial charge in [0.25, 0.3) is 0 Å². The van der Waals surface area contributed by atoms with Gasteiger partial charge in [0.2, 0.25) is 11.8 Å². The number of amides is 2. The molecule has 1 aliphatic rings. The second-order valence-corrected chi connectivity index (χ2v) is 8.22. The van der Waals surface area contributed by atoms with Crippen LogP contribution >= 0.6 is 23.2 Å². The molecule has 0 aliphatic carbocycles. The van der Waals surface area contributed by atoms with Gasteiger partial charge in [-0.05, 0) is 36.4 Å². The summed E-state index contributed by atoms with van der Waals surface area (Å²) in [5, 5.41) is 1.07. The van der Waals surface area contributed by atoms with Gasteiger partial charge in [0.1, 0.15) is 12.4 Å². The molecule has 3 aromatic rings. The molecule has 0 spiro atoms. The largest absolute Gasteiger partial charge is 0.487 e. The van der Waals surface area contributed by atoms with Crippen LogP contribution in [-0.4, -0.2) is 18.4 Å². The summed E-state index contributed by atoms with van der Waals surface area (Å²) in [6, 6.07) is 21.8. The second-order valence-electron chi connectivity index (χ2n) is 7.38. The number of rotatable bonds is 7. The Bertz CT molecular complexity index is 1120. The summed E-state index contributed by atoms with van der Waals surface area (Å²) in [6.07, 6.45) is 0.162. The van der Waals surface area contributed by atoms with Crippen molar-refractivity contribution in [1.82, 2.24) is 5.43 Å². The van der Waals surface area contributed by atoms with E-state index in [-0.39, 0.29) is 24.8 Å². The zero-order valence-corrected chi connectivity index (χ0v) is 18.6. The molecule has 164 valence electrons. The Kier molecular flexibility index (Phi) is 6.83. The molecule has 2 amide bonds. The van der Waals surface area contributed by atoms with Crippen LogP contribution in [0.15, 0.2) is 72.8 Å². The molecule has 3 aromatic carbocycles. The van der Waals surface area contributed by atoms with Gasteiger partial charge in [0.15, 0.2) is 0 Å². The highest BCUT2D eigenvalue weighted by Gasteiger charge is 2.35. The Labute approximate surface area is 196 Å². The van der Waals surface area contributed by atoms with Crippen LogP contribution in [0.5, 0.6) is 5.75 Å². The molecule has 6 nitrogen and oxygen atoms in total. The SMILES string of the molecule is O=C(NNc1ccccc1OCc1ccc(Cl)cc1Cl)[C@H]1CC(=O)N(c2ccccc2)C1. The highest BCUT2D eigenvalue weighted by Crippen LogP contribution is 2.28. The van der Waals surface area contributed by atoms with Crippen LogP contribution in [-0.2, 0) is 16.2 Å². The van der Waals surface area contributed by atoms with Crippen molar-refractivity contribution in [2.45, 2.75) is 13.0 Å². The standard InChI is InChI=1S/C24H21Cl2N3O3/c25-18-11-10-16(20(26)13-18)15-32-22-9-5-4-8-21(22)27-28-24(31)17-12-23(30)29(14-17)19-6-2-1-3-7-19/h1-11,13,17,27H,12,14-15H2,(H,28,31)/t17-/m0/s1. The number of para-hydroxylation sites is 3. The van der Waals surface area contributed by atoms with Crippen molar-refractivity contribution < 1.29 is 14.3 Å². The number of nitrogens with one attached hydrogen (secondary N) is 2. The lowest BCUT2D eigenvalue weighted by Gasteiger charge is -2.17. The first kappa shape index (κ1) is 22.0. The van der Waals surface area contributed by atoms with Crippen LogP contribution in [0.25, 0.3) is 0 Å². The first-order valence-electron chi connectivity index (χ1n) is 10.1. The van der Waals surface area contributed by atoms with Crippen molar-refractivity contribution in [3.63, 3.8) is 0 Å². The number of benzene rings is 3. The van der Waals surface area contributed by atoms with E-state index in [2.05, 4.69) is 10.9 Å². The Morgan fingerprint density at radius 3 is 2.56 bits per heavy atom. The number of ether oxygens (including phenoxy) is 1. The monoisotopic (exact) mass is 469 g/mol. The number of hydrogen-bond acceptors (Lipinski definition) is 4. The first-order chi connectivity index (χ1) is 15.5. The minimum Gasteiger partial charge on any atom is -0.487 e. The fourth-order valence-electron chi connectivity index (χ4n) is 3.46. The first-order valence-corrected chi connectivity index (χ1v) is 10.8. The summed E-state index contributed by atoms with van der Waals surface area (Å²) in [5.74, 6) is -0.226. The van der Waals surface area contributed by atoms with Crippen molar-refractivity contribution in [3.8, 4) is 5.75 Å². The third kappa shape index (κ3) is 5.15. The molecule has 2 N–H and O–H groups in total. The zero-order valence-electron chi connectivity index (χ0n) is 17.1. The summed E-state index contributed by atoms with van der Waals surface area (Å²) in [7, 11) is 0. The van der Waals surface area contributed by atoms with Crippen LogP contribution in [0.2, 0.25) is 10.0 Å². The second kappa shape index (κ2) is 9.94. The van der Waals surface area contributed by atoms with Crippen LogP contribution < -0.4 is 20.5 Å². The summed E-state index contributed by atoms with van der Waals surface area (Å²) in [6.45, 7) is 0.579. The fraction of sp³-hybridized carbons (Fsp3) is 0.167. The van der Waals surface area contributed by atoms with Gasteiger partial charge in [0.05, 0.1) is 11.6 Å². The number of anilines is 2. The van der Waals surface area contributed by atoms with Gasteiger partial charge in [-0.15, -0.1) is 0 Å². The minimum atomic E-state index is -0.448. The van der Waals surface area contributed by atoms with Crippen LogP contribution in [0, 0.1) is 5.92 Å². The van der Waals surface area contributed by atoms with E-state index < -0.39 is 5.92 Å². The normalized spacial score (nSPS) is 15.5. The van der Waals surface area contributed by atoms with Crippen molar-refractivity contribution >= 4 is 46.4 Å². The summed E-state index contributed by atoms with van der Waals surface area (Å²) >= 11 is 12.1. The molecular formula is C24H21Cl2N3O3. The zero-order chi connectivity index (χ0) is 22.5. The van der Waals surface area contributed by atoms with E-state index in [0.29, 0.717) is 28.0 Å². The van der Waals surface area contributed by atoms with E-state index in [1.807, 2.05) is 42.5 Å². The molecule has 1 heterocycles. The summed E-state index contributed by atoms with van der Waals surface area (Å²) < 4.78 is 5.89. The van der Waals surface area contributed by atoms with Crippen LogP contribution in [0.3, 0.4) is 0 Å². The molecule has 0 radical (unpaired) electrons. The average molecular weight is 470 g/mol. The minimum absolute atomic E-state index is 0.0695. The molecule has 32 heavy (non-hydrogen) atoms. The van der Waals surface area contributed by atoms with Gasteiger partial charge in [-0.1, -0.05) is 59.6 Å². The lowest BCUT2D eigenvalue weighted by molar-refractivity contribution is -0.125. The maximum Gasteiger partial charge on any atom is 0.243 e. The highest BCUT2D eigenvalue weighted by molar-refractivity contribution is 6.35. The van der Waals surface area contributed by atoms with Gasteiger partial charge >= 0.3 is 0 Å². The van der Waals surface area contributed by atoms with Crippen molar-refractivity contribution in [3.05, 3.63) is 88.4 Å². The number of carbonyl (C=O) groups excluding carboxylic acids is 2. The molecule has 4 rings (SSSR count). The van der Waals surface area contributed by atoms with Gasteiger partial charge < -0.3 is 9.64 Å². The lowest BCUT2D eigenvalue weighted by atomic mass is 10.1. The molecule has 0 unspecified atom stereocenters. The molecule has 1 fully saturated rings. The lowest BCUT2D eigenvalue weighted by Crippen LogP contribution is -2.36. The Balaban J connectivity index is 1.36. The van der Waals surface area contributed by atoms with Crippen LogP contribution in [0.4, 0.5) is 11.4 Å². The van der Waals surface area contributed by atoms with E-state index in [9.17, 15) is 9.59 Å². The number of hydrazine groups is 1. The van der Waals surface area contributed by atoms with Crippen LogP contribution in [0.1, 0.15) is 12.0 Å². The third-order valence-electron chi connectivity index (χ3n) is 5.17. The third-order valence-corrected chi connectivity index (χ3v) is 5.76. The van der Waals surface area contributed by atoms with E-state index in [4.69, 9.17) is 27.9 Å². The van der Waals surface area contributed by atoms with Gasteiger partial charge in [-0.3, -0.25) is 20.4 Å². The average Bonchev–Trinajstić information content (AvgIpc) is 3.20. The Morgan fingerprint density at radius 2 is 1.78 bits per heavy atom. The van der Waals surface area contributed by atoms with Crippen molar-refractivity contribution in [2.24, 2.45) is 5.92 Å². The summed E-state index contributed by atoms with van der Waals surface area (Å²) in [4.78, 5) is 26.7. The summed E-state index contributed by atoms with van der Waals surface area (Å²) in [5.41, 5.74) is 7.79. The topological polar surface area (TPSA) is 70.7 Å².